The summed E-state index contributed by atoms with van der Waals surface area (Å²) in [6, 6.07) is 28.1. The van der Waals surface area contributed by atoms with Crippen LogP contribution in [0.25, 0.3) is 22.5 Å². The van der Waals surface area contributed by atoms with E-state index in [1.807, 2.05) is 72.8 Å². The zero-order valence-electron chi connectivity index (χ0n) is 18.6. The van der Waals surface area contributed by atoms with E-state index in [-0.39, 0.29) is 5.78 Å². The summed E-state index contributed by atoms with van der Waals surface area (Å²) >= 11 is 0. The molecule has 0 radical (unpaired) electrons. The predicted molar refractivity (Wildman–Crippen MR) is 132 cm³/mol. The second-order valence-corrected chi connectivity index (χ2v) is 8.12. The summed E-state index contributed by atoms with van der Waals surface area (Å²) in [6.45, 7) is 4.90. The van der Waals surface area contributed by atoms with E-state index in [9.17, 15) is 4.79 Å². The quantitative estimate of drug-likeness (QED) is 0.422. The molecule has 6 nitrogen and oxygen atoms in total. The van der Waals surface area contributed by atoms with Gasteiger partial charge in [0.05, 0.1) is 0 Å². The fourth-order valence-corrected chi connectivity index (χ4v) is 4.11. The largest absolute Gasteiger partial charge is 0.368 e. The molecule has 0 aliphatic carbocycles. The first-order valence-corrected chi connectivity index (χ1v) is 11.2. The molecule has 2 heterocycles. The van der Waals surface area contributed by atoms with Crippen molar-refractivity contribution in [1.82, 2.24) is 15.2 Å². The maximum absolute atomic E-state index is 11.5. The molecule has 4 aromatic rings. The van der Waals surface area contributed by atoms with Gasteiger partial charge in [-0.15, -0.1) is 10.2 Å². The zero-order chi connectivity index (χ0) is 22.6. The monoisotopic (exact) mass is 435 g/mol. The minimum Gasteiger partial charge on any atom is -0.368 e. The lowest BCUT2D eigenvalue weighted by Crippen LogP contribution is -2.47. The number of rotatable bonds is 5. The van der Waals surface area contributed by atoms with Crippen LogP contribution in [0.1, 0.15) is 17.3 Å². The molecular formula is C27H25N5O. The van der Waals surface area contributed by atoms with Crippen molar-refractivity contribution >= 4 is 17.4 Å². The van der Waals surface area contributed by atoms with Crippen molar-refractivity contribution in [2.45, 2.75) is 6.92 Å². The van der Waals surface area contributed by atoms with Crippen LogP contribution in [0.3, 0.4) is 0 Å². The minimum absolute atomic E-state index is 0.0872. The maximum Gasteiger partial charge on any atom is 0.246 e. The summed E-state index contributed by atoms with van der Waals surface area (Å²) in [5.74, 6) is 0.740. The van der Waals surface area contributed by atoms with E-state index in [1.54, 1.807) is 6.92 Å². The maximum atomic E-state index is 11.5. The van der Waals surface area contributed by atoms with Crippen LogP contribution >= 0.6 is 0 Å². The number of hydrogen-bond donors (Lipinski definition) is 0. The zero-order valence-corrected chi connectivity index (χ0v) is 18.6. The molecule has 0 bridgehead atoms. The van der Waals surface area contributed by atoms with Crippen molar-refractivity contribution in [2.24, 2.45) is 0 Å². The van der Waals surface area contributed by atoms with Gasteiger partial charge in [0, 0.05) is 48.6 Å². The van der Waals surface area contributed by atoms with Crippen LogP contribution in [0.2, 0.25) is 0 Å². The molecule has 0 atom stereocenters. The van der Waals surface area contributed by atoms with Crippen LogP contribution in [-0.4, -0.2) is 47.1 Å². The van der Waals surface area contributed by atoms with Gasteiger partial charge in [-0.25, -0.2) is 4.98 Å². The highest BCUT2D eigenvalue weighted by Gasteiger charge is 2.22. The first-order valence-electron chi connectivity index (χ1n) is 11.2. The highest BCUT2D eigenvalue weighted by atomic mass is 16.1. The number of piperazine rings is 1. The Hall–Kier alpha value is -4.06. The molecule has 1 aromatic heterocycles. The molecule has 0 N–H and O–H groups in total. The third kappa shape index (κ3) is 4.46. The molecule has 0 saturated carbocycles. The summed E-state index contributed by atoms with van der Waals surface area (Å²) in [6.07, 6.45) is 0. The van der Waals surface area contributed by atoms with Crippen molar-refractivity contribution in [3.63, 3.8) is 0 Å². The van der Waals surface area contributed by atoms with Crippen LogP contribution in [-0.2, 0) is 0 Å². The normalized spacial score (nSPS) is 13.7. The average molecular weight is 436 g/mol. The lowest BCUT2D eigenvalue weighted by molar-refractivity contribution is 0.101. The molecule has 0 amide bonds. The Labute approximate surface area is 193 Å². The Morgan fingerprint density at radius 3 is 1.79 bits per heavy atom. The molecule has 0 spiro atoms. The Morgan fingerprint density at radius 2 is 1.21 bits per heavy atom. The number of ketones is 1. The highest BCUT2D eigenvalue weighted by molar-refractivity contribution is 5.94. The van der Waals surface area contributed by atoms with E-state index in [0.29, 0.717) is 5.95 Å². The van der Waals surface area contributed by atoms with Gasteiger partial charge >= 0.3 is 0 Å². The van der Waals surface area contributed by atoms with Gasteiger partial charge in [0.2, 0.25) is 5.95 Å². The van der Waals surface area contributed by atoms with E-state index >= 15 is 0 Å². The van der Waals surface area contributed by atoms with Gasteiger partial charge in [0.15, 0.2) is 5.78 Å². The lowest BCUT2D eigenvalue weighted by Gasteiger charge is -2.36. The van der Waals surface area contributed by atoms with E-state index in [2.05, 4.69) is 32.1 Å². The van der Waals surface area contributed by atoms with Crippen LogP contribution < -0.4 is 9.80 Å². The van der Waals surface area contributed by atoms with Crippen molar-refractivity contribution in [3.05, 3.63) is 90.5 Å². The van der Waals surface area contributed by atoms with Crippen molar-refractivity contribution in [3.8, 4) is 22.5 Å². The number of benzene rings is 3. The van der Waals surface area contributed by atoms with Crippen LogP contribution in [0.15, 0.2) is 84.9 Å². The van der Waals surface area contributed by atoms with Gasteiger partial charge in [-0.2, -0.15) is 0 Å². The van der Waals surface area contributed by atoms with Gasteiger partial charge < -0.3 is 9.80 Å². The lowest BCUT2D eigenvalue weighted by atomic mass is 10.0. The Kier molecular flexibility index (Phi) is 5.81. The molecule has 1 aliphatic rings. The summed E-state index contributed by atoms with van der Waals surface area (Å²) < 4.78 is 0. The summed E-state index contributed by atoms with van der Waals surface area (Å²) in [7, 11) is 0. The number of nitrogens with zero attached hydrogens (tertiary/aromatic N) is 5. The first kappa shape index (κ1) is 20.8. The fraction of sp³-hybridized carbons (Fsp3) is 0.185. The molecule has 1 fully saturated rings. The highest BCUT2D eigenvalue weighted by Crippen LogP contribution is 2.30. The minimum atomic E-state index is 0.0872. The number of aromatic nitrogens is 3. The Morgan fingerprint density at radius 1 is 0.667 bits per heavy atom. The van der Waals surface area contributed by atoms with Crippen molar-refractivity contribution < 1.29 is 4.79 Å². The topological polar surface area (TPSA) is 62.2 Å². The third-order valence-corrected chi connectivity index (χ3v) is 5.97. The van der Waals surface area contributed by atoms with Crippen molar-refractivity contribution in [1.29, 1.82) is 0 Å². The molecule has 33 heavy (non-hydrogen) atoms. The van der Waals surface area contributed by atoms with Crippen LogP contribution in [0, 0.1) is 0 Å². The molecular weight excluding hydrogens is 410 g/mol. The first-order chi connectivity index (χ1) is 16.2. The number of carbonyl (C=O) groups is 1. The van der Waals surface area contributed by atoms with Gasteiger partial charge in [0.25, 0.3) is 0 Å². The summed E-state index contributed by atoms with van der Waals surface area (Å²) in [4.78, 5) is 21.0. The standard InChI is InChI=1S/C27H25N5O/c1-20(33)21-12-14-24(15-13-21)31-16-18-32(19-17-31)27-28-25(22-8-4-2-5-9-22)26(29-30-27)23-10-6-3-7-11-23/h2-15H,16-19H2,1H3. The Balaban J connectivity index is 1.38. The number of anilines is 2. The summed E-state index contributed by atoms with van der Waals surface area (Å²) in [5.41, 5.74) is 5.52. The third-order valence-electron chi connectivity index (χ3n) is 5.97. The molecule has 0 unspecified atom stereocenters. The van der Waals surface area contributed by atoms with Crippen molar-refractivity contribution in [2.75, 3.05) is 36.0 Å². The predicted octanol–water partition coefficient (Wildman–Crippen LogP) is 4.73. The summed E-state index contributed by atoms with van der Waals surface area (Å²) in [5, 5.41) is 9.11. The van der Waals surface area contributed by atoms with Gasteiger partial charge in [0.1, 0.15) is 11.4 Å². The second-order valence-electron chi connectivity index (χ2n) is 8.12. The molecule has 164 valence electrons. The second kappa shape index (κ2) is 9.20. The van der Waals surface area contributed by atoms with Gasteiger partial charge in [-0.3, -0.25) is 4.79 Å². The molecule has 5 rings (SSSR count). The van der Waals surface area contributed by atoms with E-state index in [4.69, 9.17) is 4.98 Å². The fourth-order valence-electron chi connectivity index (χ4n) is 4.11. The van der Waals surface area contributed by atoms with Gasteiger partial charge in [-0.05, 0) is 31.2 Å². The van der Waals surface area contributed by atoms with E-state index < -0.39 is 0 Å². The van der Waals surface area contributed by atoms with Crippen LogP contribution in [0.5, 0.6) is 0 Å². The van der Waals surface area contributed by atoms with Crippen LogP contribution in [0.4, 0.5) is 11.6 Å². The number of Topliss-reactive ketones (excluding diaryl/α,β-unsaturated/α-hetero) is 1. The Bertz CT molecular complexity index is 1230. The number of hydrogen-bond acceptors (Lipinski definition) is 6. The molecule has 3 aromatic carbocycles. The molecule has 1 saturated heterocycles. The number of carbonyl (C=O) groups excluding carboxylic acids is 1. The molecule has 1 aliphatic heterocycles. The van der Waals surface area contributed by atoms with E-state index in [0.717, 1.165) is 59.9 Å². The molecule has 6 heteroatoms. The van der Waals surface area contributed by atoms with Gasteiger partial charge in [-0.1, -0.05) is 60.7 Å². The van der Waals surface area contributed by atoms with E-state index in [1.165, 1.54) is 0 Å². The smallest absolute Gasteiger partial charge is 0.246 e. The SMILES string of the molecule is CC(=O)c1ccc(N2CCN(c3nnc(-c4ccccc4)c(-c4ccccc4)n3)CC2)cc1. The average Bonchev–Trinajstić information content (AvgIpc) is 2.89.